The highest BCUT2D eigenvalue weighted by atomic mass is 31.2. The number of aliphatic hydroxyl groups excluding tert-OH is 2. The quantitative estimate of drug-likeness (QED) is 0.326. The molecule has 0 aliphatic rings. The molecule has 0 radical (unpaired) electrons. The Morgan fingerprint density at radius 2 is 1.95 bits per heavy atom. The Balaban J connectivity index is 4.33. The van der Waals surface area contributed by atoms with Crippen LogP contribution in [-0.2, 0) is 18.1 Å². The van der Waals surface area contributed by atoms with Gasteiger partial charge in [0.05, 0.1) is 41.0 Å². The van der Waals surface area contributed by atoms with E-state index in [0.29, 0.717) is 11.0 Å². The van der Waals surface area contributed by atoms with E-state index in [1.54, 1.807) is 0 Å². The molecule has 0 saturated heterocycles. The van der Waals surface area contributed by atoms with Gasteiger partial charge in [-0.2, -0.15) is 0 Å². The lowest BCUT2D eigenvalue weighted by atomic mass is 10.4. The summed E-state index contributed by atoms with van der Waals surface area (Å²) in [5, 5.41) is 17.8. The number of likely N-dealkylation sites (N-methyl/N-ethyl adjacent to an activating group) is 1. The molecule has 7 nitrogen and oxygen atoms in total. The van der Waals surface area contributed by atoms with Crippen LogP contribution < -0.4 is 0 Å². The maximum atomic E-state index is 12.2. The van der Waals surface area contributed by atoms with Crippen molar-refractivity contribution >= 4 is 7.82 Å². The molecule has 8 heteroatoms. The zero-order chi connectivity index (χ0) is 14.9. The van der Waals surface area contributed by atoms with Crippen LogP contribution >= 0.6 is 7.82 Å². The first-order valence-corrected chi connectivity index (χ1v) is 7.42. The summed E-state index contributed by atoms with van der Waals surface area (Å²) < 4.78 is 27.9. The van der Waals surface area contributed by atoms with Crippen molar-refractivity contribution in [1.82, 2.24) is 0 Å². The second-order valence-electron chi connectivity index (χ2n) is 5.01. The summed E-state index contributed by atoms with van der Waals surface area (Å²) in [7, 11) is 2.16. The van der Waals surface area contributed by atoms with Gasteiger partial charge in [-0.3, -0.25) is 13.6 Å². The fourth-order valence-electron chi connectivity index (χ4n) is 0.912. The van der Waals surface area contributed by atoms with Gasteiger partial charge in [0, 0.05) is 0 Å². The number of rotatable bonds is 11. The van der Waals surface area contributed by atoms with E-state index in [1.807, 2.05) is 21.1 Å². The van der Waals surface area contributed by atoms with Crippen LogP contribution in [0.2, 0.25) is 0 Å². The van der Waals surface area contributed by atoms with E-state index in [1.165, 1.54) is 6.08 Å². The van der Waals surface area contributed by atoms with Crippen LogP contribution in [0, 0.1) is 0 Å². The summed E-state index contributed by atoms with van der Waals surface area (Å²) in [5.41, 5.74) is 0. The number of quaternary nitrogens is 1. The molecule has 0 rings (SSSR count). The van der Waals surface area contributed by atoms with Crippen LogP contribution in [0.4, 0.5) is 0 Å². The molecule has 0 aromatic rings. The first-order chi connectivity index (χ1) is 8.72. The Bertz CT molecular complexity index is 304. The predicted octanol–water partition coefficient (Wildman–Crippen LogP) is 0.390. The Hall–Kier alpha value is -0.270. The van der Waals surface area contributed by atoms with E-state index >= 15 is 0 Å². The molecule has 2 atom stereocenters. The second kappa shape index (κ2) is 8.81. The van der Waals surface area contributed by atoms with E-state index in [-0.39, 0.29) is 19.8 Å². The fraction of sp³-hybridized carbons (Fsp3) is 0.818. The molecule has 0 spiro atoms. The standard InChI is InChI=1S/C11H25NO6P/c1-5-7-16-19(15,18-10-11(14)9-13)17-8-6-12(2,3)4/h5,11,13-14H,1,6-10H2,2-4H3/q+1. The van der Waals surface area contributed by atoms with Gasteiger partial charge < -0.3 is 14.7 Å². The van der Waals surface area contributed by atoms with Gasteiger partial charge in [-0.05, 0) is 0 Å². The number of hydrogen-bond donors (Lipinski definition) is 2. The molecule has 0 aliphatic heterocycles. The van der Waals surface area contributed by atoms with Gasteiger partial charge >= 0.3 is 7.82 Å². The van der Waals surface area contributed by atoms with Crippen molar-refractivity contribution in [2.24, 2.45) is 0 Å². The molecular formula is C11H25NO6P+. The summed E-state index contributed by atoms with van der Waals surface area (Å²) >= 11 is 0. The second-order valence-corrected chi connectivity index (χ2v) is 6.68. The van der Waals surface area contributed by atoms with Crippen molar-refractivity contribution in [1.29, 1.82) is 0 Å². The van der Waals surface area contributed by atoms with Gasteiger partial charge in [0.2, 0.25) is 0 Å². The predicted molar refractivity (Wildman–Crippen MR) is 71.7 cm³/mol. The van der Waals surface area contributed by atoms with Crippen LogP contribution in [0.15, 0.2) is 12.7 Å². The SMILES string of the molecule is C=CCOP(=O)(OCC[N+](C)(C)C)OCC(O)CO. The van der Waals surface area contributed by atoms with Crippen LogP contribution in [-0.4, -0.2) is 74.9 Å². The molecule has 0 aromatic carbocycles. The van der Waals surface area contributed by atoms with Crippen LogP contribution in [0.3, 0.4) is 0 Å². The van der Waals surface area contributed by atoms with E-state index in [9.17, 15) is 9.67 Å². The van der Waals surface area contributed by atoms with Gasteiger partial charge in [0.1, 0.15) is 19.3 Å². The van der Waals surface area contributed by atoms with Gasteiger partial charge in [0.15, 0.2) is 0 Å². The van der Waals surface area contributed by atoms with Gasteiger partial charge in [-0.15, -0.1) is 6.58 Å². The average molecular weight is 298 g/mol. The van der Waals surface area contributed by atoms with Crippen molar-refractivity contribution in [3.63, 3.8) is 0 Å². The van der Waals surface area contributed by atoms with E-state index in [2.05, 4.69) is 6.58 Å². The normalized spacial score (nSPS) is 16.9. The summed E-state index contributed by atoms with van der Waals surface area (Å²) in [4.78, 5) is 0. The summed E-state index contributed by atoms with van der Waals surface area (Å²) in [6.07, 6.45) is 0.296. The smallest absolute Gasteiger partial charge is 0.394 e. The van der Waals surface area contributed by atoms with E-state index in [0.717, 1.165) is 0 Å². The minimum Gasteiger partial charge on any atom is -0.394 e. The van der Waals surface area contributed by atoms with Crippen molar-refractivity contribution in [2.75, 3.05) is 54.1 Å². The van der Waals surface area contributed by atoms with E-state index < -0.39 is 20.5 Å². The monoisotopic (exact) mass is 298 g/mol. The zero-order valence-corrected chi connectivity index (χ0v) is 12.7. The number of nitrogens with zero attached hydrogens (tertiary/aromatic N) is 1. The van der Waals surface area contributed by atoms with Crippen LogP contribution in [0.25, 0.3) is 0 Å². The highest BCUT2D eigenvalue weighted by Gasteiger charge is 2.28. The molecule has 19 heavy (non-hydrogen) atoms. The van der Waals surface area contributed by atoms with Crippen LogP contribution in [0.1, 0.15) is 0 Å². The first kappa shape index (κ1) is 18.7. The zero-order valence-electron chi connectivity index (χ0n) is 11.8. The van der Waals surface area contributed by atoms with E-state index in [4.69, 9.17) is 18.7 Å². The first-order valence-electron chi connectivity index (χ1n) is 5.96. The highest BCUT2D eigenvalue weighted by molar-refractivity contribution is 7.48. The molecule has 0 aliphatic carbocycles. The number of aliphatic hydroxyl groups is 2. The summed E-state index contributed by atoms with van der Waals surface area (Å²) in [5.74, 6) is 0. The molecular weight excluding hydrogens is 273 g/mol. The van der Waals surface area contributed by atoms with Crippen molar-refractivity contribution < 1.29 is 32.8 Å². The van der Waals surface area contributed by atoms with Gasteiger partial charge in [-0.25, -0.2) is 4.57 Å². The minimum atomic E-state index is -3.74. The van der Waals surface area contributed by atoms with Crippen LogP contribution in [0.5, 0.6) is 0 Å². The third-order valence-corrected chi connectivity index (χ3v) is 3.43. The Morgan fingerprint density at radius 1 is 1.32 bits per heavy atom. The van der Waals surface area contributed by atoms with Crippen molar-refractivity contribution in [3.8, 4) is 0 Å². The molecule has 0 heterocycles. The minimum absolute atomic E-state index is 0.0108. The molecule has 2 unspecified atom stereocenters. The molecule has 114 valence electrons. The van der Waals surface area contributed by atoms with Crippen molar-refractivity contribution in [2.45, 2.75) is 6.10 Å². The lowest BCUT2D eigenvalue weighted by Gasteiger charge is -2.25. The average Bonchev–Trinajstić information content (AvgIpc) is 2.32. The molecule has 0 fully saturated rings. The third-order valence-electron chi connectivity index (χ3n) is 2.00. The largest absolute Gasteiger partial charge is 0.475 e. The molecule has 0 bridgehead atoms. The molecule has 2 N–H and O–H groups in total. The Morgan fingerprint density at radius 3 is 2.42 bits per heavy atom. The Labute approximate surface area is 114 Å². The number of phosphoric acid groups is 1. The maximum Gasteiger partial charge on any atom is 0.475 e. The third kappa shape index (κ3) is 10.2. The number of phosphoric ester groups is 1. The molecule has 0 aromatic heterocycles. The molecule has 0 amide bonds. The fourth-order valence-corrected chi connectivity index (χ4v) is 2.08. The topological polar surface area (TPSA) is 85.2 Å². The summed E-state index contributed by atoms with van der Waals surface area (Å²) in [6, 6.07) is 0. The van der Waals surface area contributed by atoms with Gasteiger partial charge in [0.25, 0.3) is 0 Å². The lowest BCUT2D eigenvalue weighted by Crippen LogP contribution is -2.37. The number of hydrogen-bond acceptors (Lipinski definition) is 6. The lowest BCUT2D eigenvalue weighted by molar-refractivity contribution is -0.870. The maximum absolute atomic E-state index is 12.2. The molecule has 0 saturated carbocycles. The van der Waals surface area contributed by atoms with Crippen molar-refractivity contribution in [3.05, 3.63) is 12.7 Å². The van der Waals surface area contributed by atoms with Gasteiger partial charge in [-0.1, -0.05) is 6.08 Å². The highest BCUT2D eigenvalue weighted by Crippen LogP contribution is 2.49. The Kier molecular flexibility index (Phi) is 8.69. The summed E-state index contributed by atoms with van der Waals surface area (Å²) in [6.45, 7) is 3.45.